The van der Waals surface area contributed by atoms with Crippen LogP contribution in [-0.4, -0.2) is 48.3 Å². The van der Waals surface area contributed by atoms with Crippen LogP contribution in [0.1, 0.15) is 79.0 Å². The summed E-state index contributed by atoms with van der Waals surface area (Å²) >= 11 is 0. The summed E-state index contributed by atoms with van der Waals surface area (Å²) in [5.74, 6) is 1.62. The van der Waals surface area contributed by atoms with E-state index in [0.717, 1.165) is 61.5 Å². The lowest BCUT2D eigenvalue weighted by atomic mass is 9.89. The van der Waals surface area contributed by atoms with E-state index in [9.17, 15) is 14.7 Å². The topological polar surface area (TPSA) is 76.1 Å². The van der Waals surface area contributed by atoms with E-state index >= 15 is 0 Å². The average Bonchev–Trinajstić information content (AvgIpc) is 3.53. The van der Waals surface area contributed by atoms with Crippen LogP contribution in [0.2, 0.25) is 0 Å². The molecule has 218 valence electrons. The SMILES string of the molecule is COc1ccc(C(=O)CCCCCC(=O)C[C@H](CN2CCCC2)[C@H](O)c2ccc(OCc3ccccc3)cc2)cc1. The highest BCUT2D eigenvalue weighted by Crippen LogP contribution is 2.29. The summed E-state index contributed by atoms with van der Waals surface area (Å²) in [6.07, 6.45) is 5.27. The first-order valence-corrected chi connectivity index (χ1v) is 14.9. The summed E-state index contributed by atoms with van der Waals surface area (Å²) in [6.45, 7) is 3.25. The Morgan fingerprint density at radius 1 is 0.829 bits per heavy atom. The summed E-state index contributed by atoms with van der Waals surface area (Å²) in [7, 11) is 1.61. The molecule has 1 heterocycles. The van der Waals surface area contributed by atoms with E-state index in [-0.39, 0.29) is 17.5 Å². The Morgan fingerprint density at radius 2 is 1.49 bits per heavy atom. The zero-order valence-electron chi connectivity index (χ0n) is 24.2. The van der Waals surface area contributed by atoms with Gasteiger partial charge in [-0.25, -0.2) is 0 Å². The fourth-order valence-corrected chi connectivity index (χ4v) is 5.45. The number of nitrogens with zero attached hydrogens (tertiary/aromatic N) is 1. The molecule has 0 bridgehead atoms. The van der Waals surface area contributed by atoms with E-state index in [1.807, 2.05) is 54.6 Å². The van der Waals surface area contributed by atoms with Gasteiger partial charge in [0.25, 0.3) is 0 Å². The van der Waals surface area contributed by atoms with Gasteiger partial charge in [0.05, 0.1) is 13.2 Å². The molecule has 1 aliphatic rings. The van der Waals surface area contributed by atoms with Crippen molar-refractivity contribution in [3.63, 3.8) is 0 Å². The number of carbonyl (C=O) groups excluding carboxylic acids is 2. The standard InChI is InChI=1S/C35H43NO5/c1-40-32-18-14-28(15-19-32)34(38)13-7-3-6-12-31(37)24-30(25-36-22-8-9-23-36)35(39)29-16-20-33(21-17-29)41-26-27-10-4-2-5-11-27/h2,4-5,10-11,14-21,30,35,39H,3,6-9,12-13,22-26H2,1H3/t30-,35-/m1/s1. The van der Waals surface area contributed by atoms with Crippen LogP contribution in [0.25, 0.3) is 0 Å². The lowest BCUT2D eigenvalue weighted by Gasteiger charge is -2.27. The van der Waals surface area contributed by atoms with Crippen LogP contribution in [0.5, 0.6) is 11.5 Å². The third-order valence-electron chi connectivity index (χ3n) is 7.87. The van der Waals surface area contributed by atoms with Crippen LogP contribution in [0.4, 0.5) is 0 Å². The molecule has 1 fully saturated rings. The maximum Gasteiger partial charge on any atom is 0.162 e. The second-order valence-electron chi connectivity index (χ2n) is 11.0. The zero-order chi connectivity index (χ0) is 28.9. The summed E-state index contributed by atoms with van der Waals surface area (Å²) in [5.41, 5.74) is 2.60. The van der Waals surface area contributed by atoms with Gasteiger partial charge >= 0.3 is 0 Å². The first-order valence-electron chi connectivity index (χ1n) is 14.9. The molecular weight excluding hydrogens is 514 g/mol. The van der Waals surface area contributed by atoms with Crippen LogP contribution >= 0.6 is 0 Å². The maximum absolute atomic E-state index is 13.0. The van der Waals surface area contributed by atoms with Crippen molar-refractivity contribution in [3.8, 4) is 11.5 Å². The minimum absolute atomic E-state index is 0.115. The fraction of sp³-hybridized carbons (Fsp3) is 0.429. The number of rotatable bonds is 17. The maximum atomic E-state index is 13.0. The molecule has 1 N–H and O–H groups in total. The van der Waals surface area contributed by atoms with Gasteiger partial charge in [-0.3, -0.25) is 9.59 Å². The van der Waals surface area contributed by atoms with Crippen molar-refractivity contribution < 1.29 is 24.2 Å². The smallest absolute Gasteiger partial charge is 0.162 e. The number of hydrogen-bond donors (Lipinski definition) is 1. The highest BCUT2D eigenvalue weighted by Gasteiger charge is 2.27. The van der Waals surface area contributed by atoms with Crippen molar-refractivity contribution in [2.24, 2.45) is 5.92 Å². The van der Waals surface area contributed by atoms with E-state index in [1.54, 1.807) is 31.4 Å². The van der Waals surface area contributed by atoms with Crippen molar-refractivity contribution in [1.29, 1.82) is 0 Å². The number of unbranched alkanes of at least 4 members (excludes halogenated alkanes) is 2. The summed E-state index contributed by atoms with van der Waals surface area (Å²) in [6, 6.07) is 24.8. The number of benzene rings is 3. The molecule has 3 aromatic rings. The Bertz CT molecular complexity index is 1200. The minimum Gasteiger partial charge on any atom is -0.497 e. The molecule has 0 amide bonds. The van der Waals surface area contributed by atoms with Gasteiger partial charge in [-0.15, -0.1) is 0 Å². The lowest BCUT2D eigenvalue weighted by molar-refractivity contribution is -0.121. The third kappa shape index (κ3) is 9.83. The molecule has 2 atom stereocenters. The summed E-state index contributed by atoms with van der Waals surface area (Å²) in [4.78, 5) is 27.8. The predicted octanol–water partition coefficient (Wildman–Crippen LogP) is 6.81. The van der Waals surface area contributed by atoms with Gasteiger partial charge < -0.3 is 19.5 Å². The molecule has 41 heavy (non-hydrogen) atoms. The molecule has 1 saturated heterocycles. The van der Waals surface area contributed by atoms with E-state index < -0.39 is 6.10 Å². The van der Waals surface area contributed by atoms with Gasteiger partial charge in [0.2, 0.25) is 0 Å². The van der Waals surface area contributed by atoms with Gasteiger partial charge in [0.15, 0.2) is 5.78 Å². The molecule has 0 unspecified atom stereocenters. The molecule has 6 nitrogen and oxygen atoms in total. The largest absolute Gasteiger partial charge is 0.497 e. The van der Waals surface area contributed by atoms with Crippen LogP contribution in [0.15, 0.2) is 78.9 Å². The second-order valence-corrected chi connectivity index (χ2v) is 11.0. The quantitative estimate of drug-likeness (QED) is 0.145. The first kappa shape index (κ1) is 30.5. The highest BCUT2D eigenvalue weighted by atomic mass is 16.5. The van der Waals surface area contributed by atoms with Crippen molar-refractivity contribution >= 4 is 11.6 Å². The molecule has 0 aromatic heterocycles. The van der Waals surface area contributed by atoms with E-state index in [0.29, 0.717) is 31.4 Å². The number of ketones is 2. The lowest BCUT2D eigenvalue weighted by Crippen LogP contribution is -2.31. The summed E-state index contributed by atoms with van der Waals surface area (Å²) < 4.78 is 11.1. The van der Waals surface area contributed by atoms with Gasteiger partial charge in [0.1, 0.15) is 23.9 Å². The zero-order valence-corrected chi connectivity index (χ0v) is 24.2. The molecule has 1 aliphatic heterocycles. The number of hydrogen-bond acceptors (Lipinski definition) is 6. The highest BCUT2D eigenvalue weighted by molar-refractivity contribution is 5.96. The predicted molar refractivity (Wildman–Crippen MR) is 161 cm³/mol. The van der Waals surface area contributed by atoms with Gasteiger partial charge in [-0.05, 0) is 86.3 Å². The normalized spacial score (nSPS) is 14.9. The number of aliphatic hydroxyl groups is 1. The number of Topliss-reactive ketones (excluding diaryl/α,β-unsaturated/α-hetero) is 2. The molecule has 0 saturated carbocycles. The Hall–Kier alpha value is -3.48. The molecular formula is C35H43NO5. The Labute approximate surface area is 244 Å². The summed E-state index contributed by atoms with van der Waals surface area (Å²) in [5, 5.41) is 11.3. The van der Waals surface area contributed by atoms with Crippen molar-refractivity contribution in [2.75, 3.05) is 26.7 Å². The molecule has 3 aromatic carbocycles. The number of ether oxygens (including phenoxy) is 2. The second kappa shape index (κ2) is 16.1. The fourth-order valence-electron chi connectivity index (χ4n) is 5.45. The average molecular weight is 558 g/mol. The van der Waals surface area contributed by atoms with Crippen molar-refractivity contribution in [1.82, 2.24) is 4.90 Å². The first-order chi connectivity index (χ1) is 20.0. The number of methoxy groups -OCH3 is 1. The van der Waals surface area contributed by atoms with Crippen LogP contribution in [-0.2, 0) is 11.4 Å². The third-order valence-corrected chi connectivity index (χ3v) is 7.87. The van der Waals surface area contributed by atoms with Gasteiger partial charge in [-0.2, -0.15) is 0 Å². The van der Waals surface area contributed by atoms with Gasteiger partial charge in [0, 0.05) is 37.3 Å². The Morgan fingerprint density at radius 3 is 2.17 bits per heavy atom. The van der Waals surface area contributed by atoms with Crippen LogP contribution < -0.4 is 9.47 Å². The van der Waals surface area contributed by atoms with E-state index in [2.05, 4.69) is 4.90 Å². The van der Waals surface area contributed by atoms with Crippen molar-refractivity contribution in [2.45, 2.75) is 64.1 Å². The Balaban J connectivity index is 1.24. The monoisotopic (exact) mass is 557 g/mol. The molecule has 0 spiro atoms. The molecule has 0 aliphatic carbocycles. The van der Waals surface area contributed by atoms with E-state index in [4.69, 9.17) is 9.47 Å². The number of carbonyl (C=O) groups is 2. The van der Waals surface area contributed by atoms with Crippen molar-refractivity contribution in [3.05, 3.63) is 95.6 Å². The van der Waals surface area contributed by atoms with Gasteiger partial charge in [-0.1, -0.05) is 48.9 Å². The number of likely N-dealkylation sites (tertiary alicyclic amines) is 1. The number of aliphatic hydroxyl groups excluding tert-OH is 1. The molecule has 6 heteroatoms. The molecule has 0 radical (unpaired) electrons. The molecule has 4 rings (SSSR count). The van der Waals surface area contributed by atoms with Crippen LogP contribution in [0.3, 0.4) is 0 Å². The van der Waals surface area contributed by atoms with E-state index in [1.165, 1.54) is 12.8 Å². The van der Waals surface area contributed by atoms with Crippen LogP contribution in [0, 0.1) is 5.92 Å². The minimum atomic E-state index is -0.718. The Kier molecular flexibility index (Phi) is 12.0.